The van der Waals surface area contributed by atoms with E-state index in [4.69, 9.17) is 12.2 Å². The van der Waals surface area contributed by atoms with Crippen LogP contribution in [0.25, 0.3) is 6.08 Å². The van der Waals surface area contributed by atoms with Crippen molar-refractivity contribution in [3.8, 4) is 0 Å². The van der Waals surface area contributed by atoms with Crippen molar-refractivity contribution in [1.82, 2.24) is 0 Å². The summed E-state index contributed by atoms with van der Waals surface area (Å²) in [4.78, 5) is 30.1. The number of benzene rings is 2. The number of nitrogens with zero attached hydrogens (tertiary/aromatic N) is 2. The number of hydrogen-bond acceptors (Lipinski definition) is 4. The first-order chi connectivity index (χ1) is 13.6. The summed E-state index contributed by atoms with van der Waals surface area (Å²) in [7, 11) is 0. The van der Waals surface area contributed by atoms with Crippen molar-refractivity contribution in [1.29, 1.82) is 0 Å². The number of anilines is 2. The zero-order valence-corrected chi connectivity index (χ0v) is 17.6. The normalized spacial score (nSPS) is 16.2. The number of hydrogen-bond donors (Lipinski definition) is 0. The molecule has 2 aromatic carbocycles. The minimum Gasteiger partial charge on any atom is -0.268 e. The maximum absolute atomic E-state index is 13.3. The number of rotatable bonds is 3. The minimum absolute atomic E-state index is 0.0721. The monoisotopic (exact) mass is 468 g/mol. The molecule has 0 saturated carbocycles. The molecule has 4 rings (SSSR count). The number of para-hydroxylation sites is 1. The van der Waals surface area contributed by atoms with E-state index in [1.165, 1.54) is 21.1 Å². The maximum atomic E-state index is 13.3. The van der Waals surface area contributed by atoms with Crippen molar-refractivity contribution in [2.45, 2.75) is 0 Å². The molecule has 7 heteroatoms. The molecule has 1 saturated heterocycles. The van der Waals surface area contributed by atoms with Gasteiger partial charge in [0.05, 0.1) is 11.4 Å². The summed E-state index contributed by atoms with van der Waals surface area (Å²) in [6, 6.07) is 20.1. The molecular formula is C21H13BrN2O2S2. The van der Waals surface area contributed by atoms with Crippen molar-refractivity contribution < 1.29 is 9.59 Å². The zero-order chi connectivity index (χ0) is 19.7. The minimum atomic E-state index is -0.432. The first-order valence-electron chi connectivity index (χ1n) is 8.35. The fourth-order valence-corrected chi connectivity index (χ4v) is 4.17. The molecule has 0 radical (unpaired) electrons. The Morgan fingerprint density at radius 1 is 0.821 bits per heavy atom. The van der Waals surface area contributed by atoms with E-state index in [-0.39, 0.29) is 10.7 Å². The molecule has 4 nitrogen and oxygen atoms in total. The van der Waals surface area contributed by atoms with Crippen LogP contribution in [-0.2, 0) is 9.59 Å². The van der Waals surface area contributed by atoms with E-state index in [9.17, 15) is 9.59 Å². The van der Waals surface area contributed by atoms with Crippen LogP contribution in [0.4, 0.5) is 11.4 Å². The molecule has 1 aliphatic heterocycles. The summed E-state index contributed by atoms with van der Waals surface area (Å²) in [6.45, 7) is 0. The summed E-state index contributed by atoms with van der Waals surface area (Å²) in [5, 5.41) is 2.03. The molecule has 0 atom stereocenters. The largest absolute Gasteiger partial charge is 0.270 e. The second-order valence-corrected chi connectivity index (χ2v) is 8.21. The molecule has 0 unspecified atom stereocenters. The van der Waals surface area contributed by atoms with Crippen LogP contribution in [0.1, 0.15) is 4.88 Å². The second-order valence-electron chi connectivity index (χ2n) is 5.95. The van der Waals surface area contributed by atoms with Gasteiger partial charge in [0.25, 0.3) is 11.8 Å². The van der Waals surface area contributed by atoms with E-state index in [1.807, 2.05) is 47.8 Å². The average Bonchev–Trinajstić information content (AvgIpc) is 3.21. The van der Waals surface area contributed by atoms with Crippen LogP contribution in [0.5, 0.6) is 0 Å². The summed E-state index contributed by atoms with van der Waals surface area (Å²) < 4.78 is 0.886. The van der Waals surface area contributed by atoms with Crippen LogP contribution >= 0.6 is 39.5 Å². The fraction of sp³-hybridized carbons (Fsp3) is 0. The Morgan fingerprint density at radius 2 is 1.43 bits per heavy atom. The molecule has 2 amide bonds. The number of carbonyl (C=O) groups is 2. The lowest BCUT2D eigenvalue weighted by Crippen LogP contribution is -2.56. The van der Waals surface area contributed by atoms with Crippen LogP contribution in [0.3, 0.4) is 0 Å². The molecule has 0 spiro atoms. The SMILES string of the molecule is O=C1/C(=C\c2cccs2)C(=O)N(c2ccc(Br)cc2)C(=S)N1c1ccccc1. The number of halogens is 1. The third-order valence-corrected chi connectivity index (χ3v) is 5.89. The topological polar surface area (TPSA) is 40.6 Å². The van der Waals surface area contributed by atoms with Crippen LogP contribution in [0, 0.1) is 0 Å². The lowest BCUT2D eigenvalue weighted by Gasteiger charge is -2.36. The van der Waals surface area contributed by atoms with E-state index in [1.54, 1.807) is 30.3 Å². The predicted octanol–water partition coefficient (Wildman–Crippen LogP) is 5.26. The third kappa shape index (κ3) is 3.44. The number of thiocarbonyl (C=S) groups is 1. The van der Waals surface area contributed by atoms with Gasteiger partial charge in [-0.1, -0.05) is 40.2 Å². The number of thiophene rings is 1. The standard InChI is InChI=1S/C21H13BrN2O2S2/c22-14-8-10-16(11-9-14)24-20(26)18(13-17-7-4-12-28-17)19(25)23(21(24)27)15-5-2-1-3-6-15/h1-13H/b18-13+. The van der Waals surface area contributed by atoms with Crippen LogP contribution < -0.4 is 9.80 Å². The van der Waals surface area contributed by atoms with Gasteiger partial charge < -0.3 is 0 Å². The molecule has 1 aromatic heterocycles. The second kappa shape index (κ2) is 7.79. The van der Waals surface area contributed by atoms with E-state index in [2.05, 4.69) is 15.9 Å². The van der Waals surface area contributed by atoms with Gasteiger partial charge in [0.2, 0.25) is 0 Å². The third-order valence-electron chi connectivity index (χ3n) is 4.18. The molecule has 0 N–H and O–H groups in total. The van der Waals surface area contributed by atoms with Crippen molar-refractivity contribution in [2.24, 2.45) is 0 Å². The van der Waals surface area contributed by atoms with Gasteiger partial charge in [0.1, 0.15) is 5.57 Å². The Morgan fingerprint density at radius 3 is 2.00 bits per heavy atom. The van der Waals surface area contributed by atoms with E-state index in [0.29, 0.717) is 11.4 Å². The highest BCUT2D eigenvalue weighted by molar-refractivity contribution is 9.10. The van der Waals surface area contributed by atoms with Gasteiger partial charge in [0, 0.05) is 9.35 Å². The maximum Gasteiger partial charge on any atom is 0.270 e. The lowest BCUT2D eigenvalue weighted by molar-refractivity contribution is -0.120. The molecule has 0 aliphatic carbocycles. The Kier molecular flexibility index (Phi) is 5.21. The lowest BCUT2D eigenvalue weighted by atomic mass is 10.1. The Labute approximate surface area is 179 Å². The Bertz CT molecular complexity index is 1080. The molecule has 1 fully saturated rings. The first kappa shape index (κ1) is 18.7. The van der Waals surface area contributed by atoms with Gasteiger partial charge in [-0.3, -0.25) is 19.4 Å². The van der Waals surface area contributed by atoms with Crippen molar-refractivity contribution in [3.05, 3.63) is 87.0 Å². The molecule has 28 heavy (non-hydrogen) atoms. The van der Waals surface area contributed by atoms with Crippen molar-refractivity contribution in [2.75, 3.05) is 9.80 Å². The van der Waals surface area contributed by atoms with E-state index in [0.717, 1.165) is 9.35 Å². The van der Waals surface area contributed by atoms with Crippen LogP contribution in [0.2, 0.25) is 0 Å². The Balaban J connectivity index is 1.86. The Hall–Kier alpha value is -2.61. The highest BCUT2D eigenvalue weighted by Gasteiger charge is 2.41. The molecule has 3 aromatic rings. The molecular weight excluding hydrogens is 456 g/mol. The molecule has 0 bridgehead atoms. The highest BCUT2D eigenvalue weighted by Crippen LogP contribution is 2.30. The number of carbonyl (C=O) groups excluding carboxylic acids is 2. The summed E-state index contributed by atoms with van der Waals surface area (Å²) in [5.41, 5.74) is 1.29. The molecule has 2 heterocycles. The van der Waals surface area contributed by atoms with Gasteiger partial charge in [-0.2, -0.15) is 0 Å². The van der Waals surface area contributed by atoms with Gasteiger partial charge in [-0.15, -0.1) is 11.3 Å². The van der Waals surface area contributed by atoms with Crippen molar-refractivity contribution in [3.63, 3.8) is 0 Å². The zero-order valence-electron chi connectivity index (χ0n) is 14.4. The van der Waals surface area contributed by atoms with E-state index < -0.39 is 11.8 Å². The van der Waals surface area contributed by atoms with Gasteiger partial charge in [-0.25, -0.2) is 0 Å². The van der Waals surface area contributed by atoms with Crippen molar-refractivity contribution >= 4 is 73.9 Å². The summed E-state index contributed by atoms with van der Waals surface area (Å²) in [5.74, 6) is -0.860. The number of amides is 2. The van der Waals surface area contributed by atoms with Crippen LogP contribution in [-0.4, -0.2) is 16.9 Å². The molecule has 1 aliphatic rings. The highest BCUT2D eigenvalue weighted by atomic mass is 79.9. The fourth-order valence-electron chi connectivity index (χ4n) is 2.87. The first-order valence-corrected chi connectivity index (χ1v) is 10.4. The smallest absolute Gasteiger partial charge is 0.268 e. The van der Waals surface area contributed by atoms with Gasteiger partial charge in [-0.05, 0) is 66.1 Å². The predicted molar refractivity (Wildman–Crippen MR) is 120 cm³/mol. The summed E-state index contributed by atoms with van der Waals surface area (Å²) in [6.07, 6.45) is 1.62. The van der Waals surface area contributed by atoms with Gasteiger partial charge in [0.15, 0.2) is 5.11 Å². The summed E-state index contributed by atoms with van der Waals surface area (Å²) >= 11 is 10.4. The average molecular weight is 469 g/mol. The molecule has 138 valence electrons. The van der Waals surface area contributed by atoms with Crippen LogP contribution in [0.15, 0.2) is 82.2 Å². The van der Waals surface area contributed by atoms with Gasteiger partial charge >= 0.3 is 0 Å². The quantitative estimate of drug-likeness (QED) is 0.299. The van der Waals surface area contributed by atoms with E-state index >= 15 is 0 Å².